The molecular formula is C29H26N2O6S2. The van der Waals surface area contributed by atoms with Crippen LogP contribution in [-0.4, -0.2) is 41.0 Å². The number of fused-ring (bicyclic) bond motifs is 1. The Kier molecular flexibility index (Phi) is 8.33. The van der Waals surface area contributed by atoms with Crippen molar-refractivity contribution in [2.75, 3.05) is 20.0 Å². The summed E-state index contributed by atoms with van der Waals surface area (Å²) in [4.78, 5) is 27.5. The van der Waals surface area contributed by atoms with Gasteiger partial charge in [0.2, 0.25) is 6.79 Å². The maximum absolute atomic E-state index is 13.2. The Bertz CT molecular complexity index is 1430. The molecule has 2 aliphatic heterocycles. The molecule has 1 N–H and O–H groups in total. The summed E-state index contributed by atoms with van der Waals surface area (Å²) in [5.41, 5.74) is 2.65. The van der Waals surface area contributed by atoms with Crippen LogP contribution in [0.25, 0.3) is 6.08 Å². The largest absolute Gasteiger partial charge is 0.490 e. The number of carbonyl (C=O) groups is 2. The molecule has 3 aromatic carbocycles. The first-order valence-electron chi connectivity index (χ1n) is 12.3. The van der Waals surface area contributed by atoms with Crippen LogP contribution in [0.5, 0.6) is 23.0 Å². The second kappa shape index (κ2) is 12.2. The average molecular weight is 563 g/mol. The quantitative estimate of drug-likeness (QED) is 0.276. The molecule has 0 radical (unpaired) electrons. The molecule has 0 bridgehead atoms. The van der Waals surface area contributed by atoms with Gasteiger partial charge in [0, 0.05) is 6.54 Å². The Morgan fingerprint density at radius 3 is 2.67 bits per heavy atom. The molecule has 10 heteroatoms. The van der Waals surface area contributed by atoms with Gasteiger partial charge in [-0.2, -0.15) is 0 Å². The first kappa shape index (κ1) is 26.6. The maximum atomic E-state index is 13.2. The Labute approximate surface area is 235 Å². The normalized spacial score (nSPS) is 15.1. The van der Waals surface area contributed by atoms with Gasteiger partial charge in [0.05, 0.1) is 18.1 Å². The standard InChI is InChI=1S/C29H26N2O6S2/c1-2-34-24-12-20(8-10-22(24)35-17-27(32)30-15-19-6-4-3-5-7-19)14-26-28(33)31(29(38)39-26)16-21-9-11-23-25(13-21)37-18-36-23/h3-14H,2,15-18H2,1H3,(H,30,32)/b26-14-. The zero-order valence-electron chi connectivity index (χ0n) is 21.2. The van der Waals surface area contributed by atoms with E-state index < -0.39 is 0 Å². The second-order valence-corrected chi connectivity index (χ2v) is 10.3. The number of carbonyl (C=O) groups excluding carboxylic acids is 2. The summed E-state index contributed by atoms with van der Waals surface area (Å²) in [6.07, 6.45) is 1.78. The number of amides is 2. The summed E-state index contributed by atoms with van der Waals surface area (Å²) in [6.45, 7) is 3.08. The summed E-state index contributed by atoms with van der Waals surface area (Å²) in [5.74, 6) is 1.87. The van der Waals surface area contributed by atoms with E-state index in [0.29, 0.717) is 51.9 Å². The predicted molar refractivity (Wildman–Crippen MR) is 153 cm³/mol. The highest BCUT2D eigenvalue weighted by molar-refractivity contribution is 8.26. The summed E-state index contributed by atoms with van der Waals surface area (Å²) < 4.78 is 22.8. The van der Waals surface area contributed by atoms with Crippen LogP contribution in [0.2, 0.25) is 0 Å². The monoisotopic (exact) mass is 562 g/mol. The number of ether oxygens (including phenoxy) is 4. The molecular weight excluding hydrogens is 536 g/mol. The number of thioether (sulfide) groups is 1. The van der Waals surface area contributed by atoms with Crippen LogP contribution >= 0.6 is 24.0 Å². The minimum atomic E-state index is -0.239. The third-order valence-electron chi connectivity index (χ3n) is 5.91. The highest BCUT2D eigenvalue weighted by atomic mass is 32.2. The molecule has 1 fully saturated rings. The van der Waals surface area contributed by atoms with Gasteiger partial charge >= 0.3 is 0 Å². The van der Waals surface area contributed by atoms with Gasteiger partial charge in [0.1, 0.15) is 4.32 Å². The molecule has 39 heavy (non-hydrogen) atoms. The van der Waals surface area contributed by atoms with E-state index in [1.165, 1.54) is 11.8 Å². The van der Waals surface area contributed by atoms with Crippen molar-refractivity contribution in [1.82, 2.24) is 10.2 Å². The van der Waals surface area contributed by atoms with Crippen molar-refractivity contribution in [2.45, 2.75) is 20.0 Å². The van der Waals surface area contributed by atoms with Crippen LogP contribution in [0.4, 0.5) is 0 Å². The first-order valence-corrected chi connectivity index (χ1v) is 13.6. The van der Waals surface area contributed by atoms with Gasteiger partial charge in [0.25, 0.3) is 11.8 Å². The minimum absolute atomic E-state index is 0.148. The van der Waals surface area contributed by atoms with Crippen molar-refractivity contribution in [3.63, 3.8) is 0 Å². The van der Waals surface area contributed by atoms with E-state index in [0.717, 1.165) is 16.7 Å². The molecule has 2 amide bonds. The summed E-state index contributed by atoms with van der Waals surface area (Å²) in [6, 6.07) is 20.6. The lowest BCUT2D eigenvalue weighted by Gasteiger charge is -2.15. The van der Waals surface area contributed by atoms with Crippen molar-refractivity contribution < 1.29 is 28.5 Å². The van der Waals surface area contributed by atoms with E-state index in [2.05, 4.69) is 5.32 Å². The van der Waals surface area contributed by atoms with Gasteiger partial charge in [-0.3, -0.25) is 14.5 Å². The molecule has 2 aliphatic rings. The summed E-state index contributed by atoms with van der Waals surface area (Å²) >= 11 is 6.75. The van der Waals surface area contributed by atoms with Gasteiger partial charge in [0.15, 0.2) is 29.6 Å². The Hall–Kier alpha value is -4.02. The lowest BCUT2D eigenvalue weighted by molar-refractivity contribution is -0.123. The number of hydrogen-bond donors (Lipinski definition) is 1. The number of nitrogens with one attached hydrogen (secondary N) is 1. The molecule has 0 aromatic heterocycles. The second-order valence-electron chi connectivity index (χ2n) is 8.65. The van der Waals surface area contributed by atoms with Crippen LogP contribution in [0, 0.1) is 0 Å². The number of nitrogens with zero attached hydrogens (tertiary/aromatic N) is 1. The fraction of sp³-hybridized carbons (Fsp3) is 0.207. The molecule has 200 valence electrons. The summed E-state index contributed by atoms with van der Waals surface area (Å²) in [7, 11) is 0. The van der Waals surface area contributed by atoms with Crippen LogP contribution < -0.4 is 24.3 Å². The molecule has 3 aromatic rings. The molecule has 0 aliphatic carbocycles. The molecule has 0 atom stereocenters. The molecule has 1 saturated heterocycles. The lowest BCUT2D eigenvalue weighted by Crippen LogP contribution is -2.28. The third kappa shape index (κ3) is 6.52. The maximum Gasteiger partial charge on any atom is 0.266 e. The van der Waals surface area contributed by atoms with E-state index in [4.69, 9.17) is 31.2 Å². The molecule has 2 heterocycles. The van der Waals surface area contributed by atoms with Crippen molar-refractivity contribution >= 4 is 46.2 Å². The average Bonchev–Trinajstić information content (AvgIpc) is 3.52. The van der Waals surface area contributed by atoms with Crippen molar-refractivity contribution in [3.8, 4) is 23.0 Å². The van der Waals surface area contributed by atoms with Crippen LogP contribution in [-0.2, 0) is 22.7 Å². The van der Waals surface area contributed by atoms with Crippen molar-refractivity contribution in [2.24, 2.45) is 0 Å². The highest BCUT2D eigenvalue weighted by Crippen LogP contribution is 2.37. The third-order valence-corrected chi connectivity index (χ3v) is 7.29. The number of rotatable bonds is 10. The molecule has 0 spiro atoms. The van der Waals surface area contributed by atoms with Gasteiger partial charge in [-0.05, 0) is 54.0 Å². The Morgan fingerprint density at radius 1 is 1.03 bits per heavy atom. The smallest absolute Gasteiger partial charge is 0.266 e. The number of benzene rings is 3. The molecule has 0 saturated carbocycles. The highest BCUT2D eigenvalue weighted by Gasteiger charge is 2.32. The molecule has 8 nitrogen and oxygen atoms in total. The van der Waals surface area contributed by atoms with E-state index >= 15 is 0 Å². The van der Waals surface area contributed by atoms with Crippen LogP contribution in [0.1, 0.15) is 23.6 Å². The van der Waals surface area contributed by atoms with Crippen molar-refractivity contribution in [1.29, 1.82) is 0 Å². The zero-order valence-corrected chi connectivity index (χ0v) is 22.8. The van der Waals surface area contributed by atoms with Gasteiger partial charge in [-0.15, -0.1) is 0 Å². The zero-order chi connectivity index (χ0) is 27.2. The Balaban J connectivity index is 1.23. The topological polar surface area (TPSA) is 86.3 Å². The van der Waals surface area contributed by atoms with Gasteiger partial charge in [-0.25, -0.2) is 0 Å². The van der Waals surface area contributed by atoms with Gasteiger partial charge < -0.3 is 24.3 Å². The molecule has 5 rings (SSSR count). The van der Waals surface area contributed by atoms with E-state index in [9.17, 15) is 9.59 Å². The lowest BCUT2D eigenvalue weighted by atomic mass is 10.1. The van der Waals surface area contributed by atoms with Crippen molar-refractivity contribution in [3.05, 3.63) is 88.3 Å². The van der Waals surface area contributed by atoms with Crippen LogP contribution in [0.15, 0.2) is 71.6 Å². The number of hydrogen-bond acceptors (Lipinski definition) is 8. The SMILES string of the molecule is CCOc1cc(/C=C2\SC(=S)N(Cc3ccc4c(c3)OCO4)C2=O)ccc1OCC(=O)NCc1ccccc1. The fourth-order valence-corrected chi connectivity index (χ4v) is 5.26. The van der Waals surface area contributed by atoms with E-state index in [-0.39, 0.29) is 25.2 Å². The number of thiocarbonyl (C=S) groups is 1. The van der Waals surface area contributed by atoms with Crippen LogP contribution in [0.3, 0.4) is 0 Å². The minimum Gasteiger partial charge on any atom is -0.490 e. The van der Waals surface area contributed by atoms with Gasteiger partial charge in [-0.1, -0.05) is 66.4 Å². The predicted octanol–water partition coefficient (Wildman–Crippen LogP) is 4.91. The molecule has 0 unspecified atom stereocenters. The van der Waals surface area contributed by atoms with E-state index in [1.54, 1.807) is 23.1 Å². The summed E-state index contributed by atoms with van der Waals surface area (Å²) in [5, 5.41) is 2.84. The fourth-order valence-electron chi connectivity index (χ4n) is 4.00. The van der Waals surface area contributed by atoms with E-state index in [1.807, 2.05) is 61.5 Å². The Morgan fingerprint density at radius 2 is 1.85 bits per heavy atom. The first-order chi connectivity index (χ1) is 19.0.